The molecule has 0 unspecified atom stereocenters. The summed E-state index contributed by atoms with van der Waals surface area (Å²) in [5, 5.41) is 9.55. The smallest absolute Gasteiger partial charge is 0.354 e. The summed E-state index contributed by atoms with van der Waals surface area (Å²) in [6, 6.07) is 9.13. The van der Waals surface area contributed by atoms with Gasteiger partial charge in [0.2, 0.25) is 0 Å². The zero-order chi connectivity index (χ0) is 12.4. The molecule has 0 saturated heterocycles. The molecule has 0 saturated carbocycles. The number of carboxylic acid groups (broad SMARTS) is 1. The fourth-order valence-corrected chi connectivity index (χ4v) is 1.72. The minimum absolute atomic E-state index is 0.0858. The van der Waals surface area contributed by atoms with Crippen LogP contribution >= 0.6 is 11.6 Å². The van der Waals surface area contributed by atoms with E-state index in [4.69, 9.17) is 16.7 Å². The molecular weight excluding hydrogens is 238 g/mol. The normalized spacial score (nSPS) is 10.2. The lowest BCUT2D eigenvalue weighted by atomic mass is 10.1. The number of carbonyl (C=O) groups is 1. The van der Waals surface area contributed by atoms with Gasteiger partial charge in [0, 0.05) is 16.8 Å². The highest BCUT2D eigenvalue weighted by atomic mass is 35.5. The Kier molecular flexibility index (Phi) is 3.11. The number of aromatic carboxylic acids is 1. The van der Waals surface area contributed by atoms with Crippen LogP contribution in [0.1, 0.15) is 16.1 Å². The third kappa shape index (κ3) is 2.45. The number of halogens is 1. The molecule has 2 rings (SSSR count). The number of pyridine rings is 1. The van der Waals surface area contributed by atoms with E-state index in [-0.39, 0.29) is 5.69 Å². The summed E-state index contributed by atoms with van der Waals surface area (Å²) in [5.41, 5.74) is 2.57. The van der Waals surface area contributed by atoms with Crippen LogP contribution in [-0.4, -0.2) is 16.1 Å². The molecule has 0 amide bonds. The van der Waals surface area contributed by atoms with Crippen LogP contribution in [-0.2, 0) is 0 Å². The van der Waals surface area contributed by atoms with Crippen LogP contribution in [0.2, 0.25) is 5.02 Å². The number of carboxylic acids is 1. The van der Waals surface area contributed by atoms with Crippen molar-refractivity contribution in [2.75, 3.05) is 0 Å². The summed E-state index contributed by atoms with van der Waals surface area (Å²) in [6.45, 7) is 1.73. The minimum atomic E-state index is -1.01. The lowest BCUT2D eigenvalue weighted by molar-refractivity contribution is 0.0689. The SMILES string of the molecule is Cc1cc(-c2ccc(Cl)cc2)cnc1C(=O)O. The molecule has 1 heterocycles. The summed E-state index contributed by atoms with van der Waals surface area (Å²) in [4.78, 5) is 14.8. The average Bonchev–Trinajstić information content (AvgIpc) is 2.29. The van der Waals surface area contributed by atoms with Crippen molar-refractivity contribution in [3.05, 3.63) is 52.8 Å². The van der Waals surface area contributed by atoms with Crippen LogP contribution in [0.4, 0.5) is 0 Å². The van der Waals surface area contributed by atoms with E-state index in [1.54, 1.807) is 31.3 Å². The molecule has 0 aliphatic carbocycles. The topological polar surface area (TPSA) is 50.2 Å². The van der Waals surface area contributed by atoms with Gasteiger partial charge >= 0.3 is 5.97 Å². The van der Waals surface area contributed by atoms with Gasteiger partial charge in [-0.2, -0.15) is 0 Å². The van der Waals surface area contributed by atoms with Gasteiger partial charge in [-0.15, -0.1) is 0 Å². The molecule has 1 aromatic heterocycles. The van der Waals surface area contributed by atoms with Crippen LogP contribution in [0.25, 0.3) is 11.1 Å². The Hall–Kier alpha value is -1.87. The van der Waals surface area contributed by atoms with Crippen molar-refractivity contribution in [2.24, 2.45) is 0 Å². The largest absolute Gasteiger partial charge is 0.477 e. The van der Waals surface area contributed by atoms with Crippen LogP contribution in [0.5, 0.6) is 0 Å². The van der Waals surface area contributed by atoms with Gasteiger partial charge in [-0.1, -0.05) is 23.7 Å². The molecule has 1 N–H and O–H groups in total. The third-order valence-corrected chi connectivity index (χ3v) is 2.71. The van der Waals surface area contributed by atoms with E-state index in [2.05, 4.69) is 4.98 Å². The van der Waals surface area contributed by atoms with Crippen molar-refractivity contribution in [3.63, 3.8) is 0 Å². The predicted molar refractivity (Wildman–Crippen MR) is 66.4 cm³/mol. The Labute approximate surface area is 104 Å². The maximum atomic E-state index is 10.8. The molecule has 0 atom stereocenters. The molecule has 0 radical (unpaired) electrons. The van der Waals surface area contributed by atoms with E-state index in [0.717, 1.165) is 11.1 Å². The van der Waals surface area contributed by atoms with E-state index >= 15 is 0 Å². The first-order chi connectivity index (χ1) is 8.08. The number of nitrogens with zero attached hydrogens (tertiary/aromatic N) is 1. The second kappa shape index (κ2) is 4.55. The summed E-state index contributed by atoms with van der Waals surface area (Å²) in [7, 11) is 0. The maximum absolute atomic E-state index is 10.8. The zero-order valence-electron chi connectivity index (χ0n) is 9.14. The van der Waals surface area contributed by atoms with Gasteiger partial charge in [0.15, 0.2) is 5.69 Å². The van der Waals surface area contributed by atoms with Gasteiger partial charge in [0.05, 0.1) is 0 Å². The number of aryl methyl sites for hydroxylation is 1. The summed E-state index contributed by atoms with van der Waals surface area (Å²) < 4.78 is 0. The van der Waals surface area contributed by atoms with Crippen LogP contribution in [0.3, 0.4) is 0 Å². The fraction of sp³-hybridized carbons (Fsp3) is 0.0769. The molecule has 0 spiro atoms. The van der Waals surface area contributed by atoms with Crippen molar-refractivity contribution in [1.82, 2.24) is 4.98 Å². The first-order valence-electron chi connectivity index (χ1n) is 5.04. The highest BCUT2D eigenvalue weighted by Gasteiger charge is 2.09. The number of aromatic nitrogens is 1. The van der Waals surface area contributed by atoms with Crippen molar-refractivity contribution in [1.29, 1.82) is 0 Å². The summed E-state index contributed by atoms with van der Waals surface area (Å²) >= 11 is 5.80. The minimum Gasteiger partial charge on any atom is -0.477 e. The van der Waals surface area contributed by atoms with E-state index in [0.29, 0.717) is 10.6 Å². The second-order valence-corrected chi connectivity index (χ2v) is 4.14. The average molecular weight is 248 g/mol. The van der Waals surface area contributed by atoms with E-state index < -0.39 is 5.97 Å². The third-order valence-electron chi connectivity index (χ3n) is 2.46. The monoisotopic (exact) mass is 247 g/mol. The summed E-state index contributed by atoms with van der Waals surface area (Å²) in [6.07, 6.45) is 1.56. The standard InChI is InChI=1S/C13H10ClNO2/c1-8-6-10(7-15-12(8)13(16)17)9-2-4-11(14)5-3-9/h2-7H,1H3,(H,16,17). The molecule has 3 nitrogen and oxygen atoms in total. The number of rotatable bonds is 2. The van der Waals surface area contributed by atoms with Crippen molar-refractivity contribution >= 4 is 17.6 Å². The van der Waals surface area contributed by atoms with Crippen molar-refractivity contribution < 1.29 is 9.90 Å². The Morgan fingerprint density at radius 2 is 1.88 bits per heavy atom. The lowest BCUT2D eigenvalue weighted by Crippen LogP contribution is -2.03. The Morgan fingerprint density at radius 3 is 2.41 bits per heavy atom. The number of benzene rings is 1. The van der Waals surface area contributed by atoms with Crippen LogP contribution < -0.4 is 0 Å². The molecule has 0 aliphatic heterocycles. The highest BCUT2D eigenvalue weighted by Crippen LogP contribution is 2.22. The molecule has 2 aromatic rings. The first kappa shape index (κ1) is 11.6. The zero-order valence-corrected chi connectivity index (χ0v) is 9.90. The summed E-state index contributed by atoms with van der Waals surface area (Å²) in [5.74, 6) is -1.01. The number of hydrogen-bond donors (Lipinski definition) is 1. The fourth-order valence-electron chi connectivity index (χ4n) is 1.60. The van der Waals surface area contributed by atoms with Crippen LogP contribution in [0.15, 0.2) is 36.5 Å². The van der Waals surface area contributed by atoms with Gasteiger partial charge in [-0.05, 0) is 36.2 Å². The second-order valence-electron chi connectivity index (χ2n) is 3.70. The van der Waals surface area contributed by atoms with E-state index in [1.807, 2.05) is 12.1 Å². The van der Waals surface area contributed by atoms with Gasteiger partial charge < -0.3 is 5.11 Å². The van der Waals surface area contributed by atoms with Crippen LogP contribution in [0, 0.1) is 6.92 Å². The molecule has 86 valence electrons. The molecule has 0 aliphatic rings. The van der Waals surface area contributed by atoms with Gasteiger partial charge in [0.25, 0.3) is 0 Å². The lowest BCUT2D eigenvalue weighted by Gasteiger charge is -2.05. The molecule has 17 heavy (non-hydrogen) atoms. The van der Waals surface area contributed by atoms with Crippen molar-refractivity contribution in [2.45, 2.75) is 6.92 Å². The van der Waals surface area contributed by atoms with Gasteiger partial charge in [-0.3, -0.25) is 0 Å². The molecule has 0 fully saturated rings. The molecule has 0 bridgehead atoms. The number of hydrogen-bond acceptors (Lipinski definition) is 2. The predicted octanol–water partition coefficient (Wildman–Crippen LogP) is 3.41. The van der Waals surface area contributed by atoms with Gasteiger partial charge in [-0.25, -0.2) is 9.78 Å². The molecule has 1 aromatic carbocycles. The maximum Gasteiger partial charge on any atom is 0.354 e. The first-order valence-corrected chi connectivity index (χ1v) is 5.41. The Morgan fingerprint density at radius 1 is 1.24 bits per heavy atom. The van der Waals surface area contributed by atoms with E-state index in [9.17, 15) is 4.79 Å². The molecule has 4 heteroatoms. The Balaban J connectivity index is 2.44. The Bertz CT molecular complexity index is 564. The van der Waals surface area contributed by atoms with E-state index in [1.165, 1.54) is 0 Å². The molecular formula is C13H10ClNO2. The van der Waals surface area contributed by atoms with Crippen molar-refractivity contribution in [3.8, 4) is 11.1 Å². The highest BCUT2D eigenvalue weighted by molar-refractivity contribution is 6.30. The quantitative estimate of drug-likeness (QED) is 0.885. The van der Waals surface area contributed by atoms with Gasteiger partial charge in [0.1, 0.15) is 0 Å².